The van der Waals surface area contributed by atoms with E-state index in [1.54, 1.807) is 30.5 Å². The van der Waals surface area contributed by atoms with Crippen LogP contribution in [-0.4, -0.2) is 24.6 Å². The number of thiazole rings is 1. The minimum absolute atomic E-state index is 0.143. The molecule has 0 unspecified atom stereocenters. The average molecular weight is 318 g/mol. The number of ether oxygens (including phenoxy) is 2. The second kappa shape index (κ2) is 7.61. The van der Waals surface area contributed by atoms with Gasteiger partial charge < -0.3 is 14.8 Å². The zero-order valence-electron chi connectivity index (χ0n) is 12.5. The van der Waals surface area contributed by atoms with Gasteiger partial charge in [-0.1, -0.05) is 12.7 Å². The van der Waals surface area contributed by atoms with Gasteiger partial charge in [-0.15, -0.1) is 11.3 Å². The second-order valence-corrected chi connectivity index (χ2v) is 5.46. The van der Waals surface area contributed by atoms with Crippen LogP contribution in [0.4, 0.5) is 0 Å². The molecule has 22 heavy (non-hydrogen) atoms. The number of hydrogen-bond acceptors (Lipinski definition) is 5. The number of benzene rings is 1. The maximum atomic E-state index is 12.3. The molecule has 1 N–H and O–H groups in total. The lowest BCUT2D eigenvalue weighted by Crippen LogP contribution is -2.26. The molecule has 0 aliphatic rings. The molecule has 0 saturated heterocycles. The molecule has 0 spiro atoms. The fraction of sp³-hybridized carbons (Fsp3) is 0.250. The first-order valence-corrected chi connectivity index (χ1v) is 7.65. The number of rotatable bonds is 7. The summed E-state index contributed by atoms with van der Waals surface area (Å²) >= 11 is 1.51. The molecule has 0 saturated carbocycles. The van der Waals surface area contributed by atoms with Gasteiger partial charge in [-0.2, -0.15) is 0 Å². The second-order valence-electron chi connectivity index (χ2n) is 4.53. The van der Waals surface area contributed by atoms with Gasteiger partial charge in [0.05, 0.1) is 13.2 Å². The van der Waals surface area contributed by atoms with E-state index in [0.29, 0.717) is 23.7 Å². The van der Waals surface area contributed by atoms with E-state index in [9.17, 15) is 4.79 Å². The van der Waals surface area contributed by atoms with Crippen LogP contribution in [0.1, 0.15) is 28.3 Å². The Bertz CT molecular complexity index is 641. The first-order valence-electron chi connectivity index (χ1n) is 6.77. The van der Waals surface area contributed by atoms with E-state index in [1.165, 1.54) is 18.4 Å². The summed E-state index contributed by atoms with van der Waals surface area (Å²) in [6, 6.07) is 4.92. The first-order chi connectivity index (χ1) is 10.7. The van der Waals surface area contributed by atoms with Gasteiger partial charge in [0, 0.05) is 17.1 Å². The molecule has 1 aromatic heterocycles. The molecule has 0 fully saturated rings. The lowest BCUT2D eigenvalue weighted by Gasteiger charge is -2.13. The number of nitrogens with zero attached hydrogens (tertiary/aromatic N) is 1. The van der Waals surface area contributed by atoms with E-state index in [-0.39, 0.29) is 11.9 Å². The molecule has 6 heteroatoms. The van der Waals surface area contributed by atoms with Gasteiger partial charge >= 0.3 is 0 Å². The van der Waals surface area contributed by atoms with Crippen LogP contribution in [-0.2, 0) is 0 Å². The minimum Gasteiger partial charge on any atom is -0.493 e. The summed E-state index contributed by atoms with van der Waals surface area (Å²) in [4.78, 5) is 16.5. The van der Waals surface area contributed by atoms with Gasteiger partial charge in [-0.3, -0.25) is 4.79 Å². The molecular formula is C16H18N2O3S. The molecule has 1 atom stereocenters. The van der Waals surface area contributed by atoms with Crippen LogP contribution in [0.25, 0.3) is 0 Å². The average Bonchev–Trinajstić information content (AvgIpc) is 3.07. The van der Waals surface area contributed by atoms with Gasteiger partial charge in [0.2, 0.25) is 0 Å². The Morgan fingerprint density at radius 2 is 2.32 bits per heavy atom. The largest absolute Gasteiger partial charge is 0.493 e. The zero-order valence-corrected chi connectivity index (χ0v) is 13.4. The molecule has 116 valence electrons. The van der Waals surface area contributed by atoms with Crippen LogP contribution in [0.15, 0.2) is 42.4 Å². The maximum Gasteiger partial charge on any atom is 0.251 e. The van der Waals surface area contributed by atoms with Crippen molar-refractivity contribution in [2.45, 2.75) is 13.0 Å². The Balaban J connectivity index is 2.11. The lowest BCUT2D eigenvalue weighted by molar-refractivity contribution is 0.0939. The predicted octanol–water partition coefficient (Wildman–Crippen LogP) is 3.21. The van der Waals surface area contributed by atoms with E-state index in [2.05, 4.69) is 16.9 Å². The standard InChI is InChI=1S/C16H18N2O3S/c1-4-8-21-13-6-5-12(10-14(13)20-3)15(19)18-11(2)16-17-7-9-22-16/h4-7,9-11H,1,8H2,2-3H3,(H,18,19)/t11-/m0/s1. The number of aromatic nitrogens is 1. The summed E-state index contributed by atoms with van der Waals surface area (Å²) in [5.74, 6) is 0.902. The minimum atomic E-state index is -0.184. The maximum absolute atomic E-state index is 12.3. The smallest absolute Gasteiger partial charge is 0.251 e. The van der Waals surface area contributed by atoms with Crippen LogP contribution in [0.5, 0.6) is 11.5 Å². The number of amides is 1. The topological polar surface area (TPSA) is 60.5 Å². The fourth-order valence-corrected chi connectivity index (χ4v) is 2.51. The fourth-order valence-electron chi connectivity index (χ4n) is 1.87. The molecule has 5 nitrogen and oxygen atoms in total. The predicted molar refractivity (Wildman–Crippen MR) is 86.7 cm³/mol. The molecule has 1 heterocycles. The van der Waals surface area contributed by atoms with Gasteiger partial charge in [0.25, 0.3) is 5.91 Å². The molecule has 0 aliphatic heterocycles. The van der Waals surface area contributed by atoms with Crippen LogP contribution in [0.3, 0.4) is 0 Å². The highest BCUT2D eigenvalue weighted by Gasteiger charge is 2.15. The van der Waals surface area contributed by atoms with Crippen LogP contribution < -0.4 is 14.8 Å². The summed E-state index contributed by atoms with van der Waals surface area (Å²) in [6.45, 7) is 5.88. The highest BCUT2D eigenvalue weighted by molar-refractivity contribution is 7.09. The van der Waals surface area contributed by atoms with Crippen molar-refractivity contribution < 1.29 is 14.3 Å². The Morgan fingerprint density at radius 3 is 2.95 bits per heavy atom. The molecule has 0 bridgehead atoms. The Hall–Kier alpha value is -2.34. The number of carbonyl (C=O) groups excluding carboxylic acids is 1. The molecule has 1 aromatic carbocycles. The van der Waals surface area contributed by atoms with Crippen molar-refractivity contribution in [3.05, 3.63) is 53.0 Å². The van der Waals surface area contributed by atoms with Crippen molar-refractivity contribution >= 4 is 17.2 Å². The van der Waals surface area contributed by atoms with Crippen LogP contribution >= 0.6 is 11.3 Å². The molecule has 0 radical (unpaired) electrons. The van der Waals surface area contributed by atoms with Gasteiger partial charge in [-0.05, 0) is 25.1 Å². The Kier molecular flexibility index (Phi) is 5.55. The summed E-state index contributed by atoms with van der Waals surface area (Å²) < 4.78 is 10.7. The molecule has 2 rings (SSSR count). The summed E-state index contributed by atoms with van der Waals surface area (Å²) in [5.41, 5.74) is 0.506. The zero-order chi connectivity index (χ0) is 15.9. The highest BCUT2D eigenvalue weighted by Crippen LogP contribution is 2.28. The molecule has 2 aromatic rings. The van der Waals surface area contributed by atoms with E-state index in [0.717, 1.165) is 5.01 Å². The summed E-state index contributed by atoms with van der Waals surface area (Å²) in [5, 5.41) is 5.66. The normalized spacial score (nSPS) is 11.5. The van der Waals surface area contributed by atoms with Crippen LogP contribution in [0, 0.1) is 0 Å². The third-order valence-electron chi connectivity index (χ3n) is 2.95. The van der Waals surface area contributed by atoms with Crippen molar-refractivity contribution in [2.75, 3.05) is 13.7 Å². The third kappa shape index (κ3) is 3.85. The molecule has 0 aliphatic carbocycles. The van der Waals surface area contributed by atoms with E-state index >= 15 is 0 Å². The molecule has 1 amide bonds. The van der Waals surface area contributed by atoms with Crippen molar-refractivity contribution in [1.82, 2.24) is 10.3 Å². The first kappa shape index (κ1) is 16.0. The number of carbonyl (C=O) groups is 1. The SMILES string of the molecule is C=CCOc1ccc(C(=O)N[C@@H](C)c2nccs2)cc1OC. The summed E-state index contributed by atoms with van der Waals surface area (Å²) in [7, 11) is 1.54. The van der Waals surface area contributed by atoms with E-state index in [1.807, 2.05) is 12.3 Å². The van der Waals surface area contributed by atoms with E-state index in [4.69, 9.17) is 9.47 Å². The quantitative estimate of drug-likeness (QED) is 0.796. The van der Waals surface area contributed by atoms with Crippen LogP contribution in [0.2, 0.25) is 0 Å². The monoisotopic (exact) mass is 318 g/mol. The molecular weight excluding hydrogens is 300 g/mol. The van der Waals surface area contributed by atoms with E-state index < -0.39 is 0 Å². The van der Waals surface area contributed by atoms with Crippen molar-refractivity contribution in [3.8, 4) is 11.5 Å². The van der Waals surface area contributed by atoms with Crippen molar-refractivity contribution in [3.63, 3.8) is 0 Å². The third-order valence-corrected chi connectivity index (χ3v) is 3.91. The lowest BCUT2D eigenvalue weighted by atomic mass is 10.1. The number of hydrogen-bond donors (Lipinski definition) is 1. The van der Waals surface area contributed by atoms with Gasteiger partial charge in [-0.25, -0.2) is 4.98 Å². The van der Waals surface area contributed by atoms with Gasteiger partial charge in [0.15, 0.2) is 11.5 Å². The van der Waals surface area contributed by atoms with Gasteiger partial charge in [0.1, 0.15) is 11.6 Å². The number of nitrogens with one attached hydrogen (secondary N) is 1. The number of methoxy groups -OCH3 is 1. The van der Waals surface area contributed by atoms with Crippen molar-refractivity contribution in [2.24, 2.45) is 0 Å². The highest BCUT2D eigenvalue weighted by atomic mass is 32.1. The van der Waals surface area contributed by atoms with Crippen molar-refractivity contribution in [1.29, 1.82) is 0 Å². The summed E-state index contributed by atoms with van der Waals surface area (Å²) in [6.07, 6.45) is 3.37. The Labute approximate surface area is 133 Å². The Morgan fingerprint density at radius 1 is 1.50 bits per heavy atom.